The second kappa shape index (κ2) is 12.0. The summed E-state index contributed by atoms with van der Waals surface area (Å²) in [5.41, 5.74) is 1.25. The highest BCUT2D eigenvalue weighted by Gasteiger charge is 2.22. The molecule has 0 aliphatic rings. The standard InChI is InChI=1S/C30H24ClFN2O6/c1-17(35)21-12-13-23(31)29(32)28(21)22-15-27(37)34(16-25(22)40-2)24-6-4-3-5-18(24)9-14-26(36)33-20-10-7-19(8-11-20)30(38)39/h3-8,10-13,15-16H,9,14H2,1-2H3,(H,33,36)(H,38,39). The summed E-state index contributed by atoms with van der Waals surface area (Å²) in [6, 6.07) is 16.7. The number of benzene rings is 3. The van der Waals surface area contributed by atoms with Crippen molar-refractivity contribution in [3.63, 3.8) is 0 Å². The van der Waals surface area contributed by atoms with Crippen LogP contribution in [0, 0.1) is 5.82 Å². The van der Waals surface area contributed by atoms with Crippen LogP contribution in [-0.4, -0.2) is 34.4 Å². The monoisotopic (exact) mass is 562 g/mol. The number of nitrogens with one attached hydrogen (secondary N) is 1. The first-order chi connectivity index (χ1) is 19.1. The number of aromatic nitrogens is 1. The number of nitrogens with zero attached hydrogens (tertiary/aromatic N) is 1. The van der Waals surface area contributed by atoms with Crippen molar-refractivity contribution in [1.29, 1.82) is 0 Å². The largest absolute Gasteiger partial charge is 0.495 e. The van der Waals surface area contributed by atoms with Crippen molar-refractivity contribution in [3.8, 4) is 22.6 Å². The van der Waals surface area contributed by atoms with Crippen LogP contribution in [0.5, 0.6) is 5.75 Å². The average Bonchev–Trinajstić information content (AvgIpc) is 2.93. The molecule has 0 bridgehead atoms. The maximum Gasteiger partial charge on any atom is 0.335 e. The van der Waals surface area contributed by atoms with Gasteiger partial charge in [-0.05, 0) is 61.4 Å². The molecule has 1 aromatic heterocycles. The lowest BCUT2D eigenvalue weighted by atomic mass is 9.96. The summed E-state index contributed by atoms with van der Waals surface area (Å²) in [6.07, 6.45) is 1.77. The molecular weight excluding hydrogens is 539 g/mol. The Bertz CT molecular complexity index is 1680. The summed E-state index contributed by atoms with van der Waals surface area (Å²) < 4.78 is 21.9. The molecule has 204 valence electrons. The molecule has 0 atom stereocenters. The van der Waals surface area contributed by atoms with Crippen LogP contribution in [0.1, 0.15) is 39.6 Å². The summed E-state index contributed by atoms with van der Waals surface area (Å²) >= 11 is 5.99. The Morgan fingerprint density at radius 1 is 1.05 bits per heavy atom. The van der Waals surface area contributed by atoms with Crippen LogP contribution in [-0.2, 0) is 11.2 Å². The Morgan fingerprint density at radius 2 is 1.75 bits per heavy atom. The molecule has 1 heterocycles. The fourth-order valence-electron chi connectivity index (χ4n) is 4.29. The number of carboxylic acids is 1. The Kier molecular flexibility index (Phi) is 8.45. The van der Waals surface area contributed by atoms with Gasteiger partial charge in [0.2, 0.25) is 5.91 Å². The van der Waals surface area contributed by atoms with Crippen LogP contribution in [0.15, 0.2) is 77.7 Å². The van der Waals surface area contributed by atoms with Gasteiger partial charge in [-0.2, -0.15) is 0 Å². The highest BCUT2D eigenvalue weighted by atomic mass is 35.5. The van der Waals surface area contributed by atoms with E-state index >= 15 is 4.39 Å². The molecule has 8 nitrogen and oxygen atoms in total. The van der Waals surface area contributed by atoms with Gasteiger partial charge in [0, 0.05) is 34.9 Å². The number of methoxy groups -OCH3 is 1. The first-order valence-corrected chi connectivity index (χ1v) is 12.5. The van der Waals surface area contributed by atoms with Crippen molar-refractivity contribution in [2.45, 2.75) is 19.8 Å². The summed E-state index contributed by atoms with van der Waals surface area (Å²) in [4.78, 5) is 49.1. The number of aryl methyl sites for hydroxylation is 1. The predicted molar refractivity (Wildman–Crippen MR) is 149 cm³/mol. The van der Waals surface area contributed by atoms with Crippen molar-refractivity contribution >= 4 is 34.9 Å². The van der Waals surface area contributed by atoms with E-state index in [2.05, 4.69) is 5.32 Å². The van der Waals surface area contributed by atoms with Gasteiger partial charge in [0.25, 0.3) is 5.56 Å². The van der Waals surface area contributed by atoms with E-state index in [1.54, 1.807) is 24.3 Å². The van der Waals surface area contributed by atoms with E-state index in [0.29, 0.717) is 16.9 Å². The van der Waals surface area contributed by atoms with Crippen molar-refractivity contribution < 1.29 is 28.6 Å². The molecule has 0 radical (unpaired) electrons. The molecule has 0 aliphatic carbocycles. The van der Waals surface area contributed by atoms with Gasteiger partial charge in [-0.15, -0.1) is 0 Å². The smallest absolute Gasteiger partial charge is 0.335 e. The van der Waals surface area contributed by atoms with Crippen molar-refractivity contribution in [2.75, 3.05) is 12.4 Å². The molecule has 4 rings (SSSR count). The van der Waals surface area contributed by atoms with Crippen LogP contribution < -0.4 is 15.6 Å². The van der Waals surface area contributed by atoms with Crippen molar-refractivity contribution in [1.82, 2.24) is 4.57 Å². The number of pyridine rings is 1. The van der Waals surface area contributed by atoms with Crippen LogP contribution in [0.2, 0.25) is 5.02 Å². The minimum atomic E-state index is -1.06. The Labute approximate surface area is 233 Å². The van der Waals surface area contributed by atoms with E-state index in [1.807, 2.05) is 0 Å². The topological polar surface area (TPSA) is 115 Å². The normalized spacial score (nSPS) is 10.7. The molecule has 1 amide bonds. The average molecular weight is 563 g/mol. The highest BCUT2D eigenvalue weighted by Crippen LogP contribution is 2.37. The lowest BCUT2D eigenvalue weighted by Gasteiger charge is -2.17. The number of carbonyl (C=O) groups is 3. The van der Waals surface area contributed by atoms with E-state index < -0.39 is 23.1 Å². The minimum absolute atomic E-state index is 0.0568. The zero-order chi connectivity index (χ0) is 29.0. The minimum Gasteiger partial charge on any atom is -0.495 e. The number of carbonyl (C=O) groups excluding carboxylic acids is 2. The second-order valence-corrected chi connectivity index (χ2v) is 9.27. The fourth-order valence-corrected chi connectivity index (χ4v) is 4.45. The zero-order valence-electron chi connectivity index (χ0n) is 21.5. The Balaban J connectivity index is 1.64. The van der Waals surface area contributed by atoms with Gasteiger partial charge >= 0.3 is 5.97 Å². The third-order valence-corrected chi connectivity index (χ3v) is 6.56. The van der Waals surface area contributed by atoms with Crippen LogP contribution in [0.4, 0.5) is 10.1 Å². The number of para-hydroxylation sites is 1. The molecule has 0 fully saturated rings. The van der Waals surface area contributed by atoms with E-state index in [4.69, 9.17) is 21.4 Å². The SMILES string of the molecule is COc1cn(-c2ccccc2CCC(=O)Nc2ccc(C(=O)O)cc2)c(=O)cc1-c1c(C(C)=O)ccc(Cl)c1F. The molecule has 0 saturated heterocycles. The summed E-state index contributed by atoms with van der Waals surface area (Å²) in [6.45, 7) is 1.29. The number of aromatic carboxylic acids is 1. The molecule has 3 aromatic carbocycles. The number of hydrogen-bond donors (Lipinski definition) is 2. The first-order valence-electron chi connectivity index (χ1n) is 12.1. The number of halogens is 2. The number of carboxylic acid groups (broad SMARTS) is 1. The molecule has 0 aliphatic heterocycles. The molecule has 10 heteroatoms. The van der Waals surface area contributed by atoms with Gasteiger partial charge in [-0.25, -0.2) is 9.18 Å². The van der Waals surface area contributed by atoms with Crippen molar-refractivity contribution in [3.05, 3.63) is 111 Å². The first kappa shape index (κ1) is 28.3. The highest BCUT2D eigenvalue weighted by molar-refractivity contribution is 6.31. The number of hydrogen-bond acceptors (Lipinski definition) is 5. The maximum atomic E-state index is 15.1. The number of anilines is 1. The van der Waals surface area contributed by atoms with E-state index in [0.717, 1.165) is 0 Å². The number of amides is 1. The lowest BCUT2D eigenvalue weighted by Crippen LogP contribution is -2.20. The number of rotatable bonds is 9. The predicted octanol–water partition coefficient (Wildman–Crippen LogP) is 5.78. The summed E-state index contributed by atoms with van der Waals surface area (Å²) in [5, 5.41) is 11.5. The van der Waals surface area contributed by atoms with Crippen molar-refractivity contribution in [2.24, 2.45) is 0 Å². The van der Waals surface area contributed by atoms with Gasteiger partial charge < -0.3 is 15.2 Å². The molecule has 2 N–H and O–H groups in total. The third-order valence-electron chi connectivity index (χ3n) is 6.27. The van der Waals surface area contributed by atoms with Crippen LogP contribution in [0.25, 0.3) is 16.8 Å². The van der Waals surface area contributed by atoms with Gasteiger partial charge in [0.1, 0.15) is 11.6 Å². The third kappa shape index (κ3) is 5.94. The second-order valence-electron chi connectivity index (χ2n) is 8.86. The van der Waals surface area contributed by atoms with E-state index in [1.165, 1.54) is 67.3 Å². The number of ether oxygens (including phenoxy) is 1. The van der Waals surface area contributed by atoms with E-state index in [-0.39, 0.29) is 51.8 Å². The van der Waals surface area contributed by atoms with Gasteiger partial charge in [-0.3, -0.25) is 19.0 Å². The van der Waals surface area contributed by atoms with E-state index in [9.17, 15) is 19.2 Å². The zero-order valence-corrected chi connectivity index (χ0v) is 22.3. The molecule has 0 spiro atoms. The maximum absolute atomic E-state index is 15.1. The molecule has 4 aromatic rings. The molecule has 40 heavy (non-hydrogen) atoms. The van der Waals surface area contributed by atoms with Gasteiger partial charge in [0.05, 0.1) is 29.6 Å². The molecule has 0 unspecified atom stereocenters. The number of Topliss-reactive ketones (excluding diaryl/α,β-unsaturated/α-hetero) is 1. The number of ketones is 1. The molecular formula is C30H24ClFN2O6. The fraction of sp³-hybridized carbons (Fsp3) is 0.133. The van der Waals surface area contributed by atoms with Gasteiger partial charge in [-0.1, -0.05) is 29.8 Å². The quantitative estimate of drug-likeness (QED) is 0.250. The lowest BCUT2D eigenvalue weighted by molar-refractivity contribution is -0.116. The molecule has 0 saturated carbocycles. The summed E-state index contributed by atoms with van der Waals surface area (Å²) in [5.74, 6) is -2.47. The summed E-state index contributed by atoms with van der Waals surface area (Å²) in [7, 11) is 1.36. The Hall–Kier alpha value is -4.76. The van der Waals surface area contributed by atoms with Gasteiger partial charge in [0.15, 0.2) is 5.78 Å². The van der Waals surface area contributed by atoms with Crippen LogP contribution >= 0.6 is 11.6 Å². The Morgan fingerprint density at radius 3 is 2.40 bits per heavy atom. The van der Waals surface area contributed by atoms with Crippen LogP contribution in [0.3, 0.4) is 0 Å².